The van der Waals surface area contributed by atoms with E-state index in [0.29, 0.717) is 23.5 Å². The van der Waals surface area contributed by atoms with E-state index in [1.807, 2.05) is 37.4 Å². The lowest BCUT2D eigenvalue weighted by Gasteiger charge is -2.19. The van der Waals surface area contributed by atoms with Crippen LogP contribution in [0.3, 0.4) is 0 Å². The quantitative estimate of drug-likeness (QED) is 0.151. The van der Waals surface area contributed by atoms with Crippen molar-refractivity contribution in [3.05, 3.63) is 65.9 Å². The van der Waals surface area contributed by atoms with Gasteiger partial charge in [0.25, 0.3) is 0 Å². The Hall–Kier alpha value is -4.31. The van der Waals surface area contributed by atoms with Crippen LogP contribution in [-0.4, -0.2) is 90.9 Å². The first-order valence-corrected chi connectivity index (χ1v) is 13.0. The summed E-state index contributed by atoms with van der Waals surface area (Å²) in [5, 5.41) is 35.0. The topological polar surface area (TPSA) is 224 Å². The number of sulfonamides is 1. The molecule has 0 radical (unpaired) electrons. The number of hydrogen-bond donors (Lipinski definition) is 6. The third kappa shape index (κ3) is 12.0. The minimum absolute atomic E-state index is 0.273. The maximum atomic E-state index is 12.6. The Morgan fingerprint density at radius 1 is 0.850 bits per heavy atom. The Morgan fingerprint density at radius 3 is 1.98 bits per heavy atom. The smallest absolute Gasteiger partial charge is 0.414 e. The van der Waals surface area contributed by atoms with E-state index in [1.165, 1.54) is 0 Å². The highest BCUT2D eigenvalue weighted by molar-refractivity contribution is 7.89. The molecule has 3 aromatic rings. The fourth-order valence-electron chi connectivity index (χ4n) is 2.88. The molecule has 0 unspecified atom stereocenters. The van der Waals surface area contributed by atoms with Crippen molar-refractivity contribution in [2.75, 3.05) is 38.1 Å². The molecule has 0 aliphatic rings. The van der Waals surface area contributed by atoms with Gasteiger partial charge in [-0.25, -0.2) is 32.3 Å². The number of fused-ring (bicyclic) bond motifs is 1. The molecule has 1 aromatic heterocycles. The molecular weight excluding hydrogens is 572 g/mol. The summed E-state index contributed by atoms with van der Waals surface area (Å²) < 4.78 is 27.9. The normalized spacial score (nSPS) is 10.3. The van der Waals surface area contributed by atoms with Crippen LogP contribution in [0.2, 0.25) is 5.02 Å². The zero-order valence-corrected chi connectivity index (χ0v) is 22.6. The second kappa shape index (κ2) is 16.6. The number of likely N-dealkylation sites (N-methyl/N-ethyl adjacent to an activating group) is 1. The van der Waals surface area contributed by atoms with Crippen LogP contribution in [0.15, 0.2) is 65.8 Å². The Labute approximate surface area is 233 Å². The summed E-state index contributed by atoms with van der Waals surface area (Å²) in [5.74, 6) is -7.30. The van der Waals surface area contributed by atoms with E-state index in [-0.39, 0.29) is 4.90 Å². The average Bonchev–Trinajstić information content (AvgIpc) is 2.91. The van der Waals surface area contributed by atoms with E-state index in [9.17, 15) is 8.42 Å². The van der Waals surface area contributed by atoms with Crippen LogP contribution in [0.4, 0.5) is 5.69 Å². The van der Waals surface area contributed by atoms with E-state index in [2.05, 4.69) is 19.9 Å². The predicted molar refractivity (Wildman–Crippen MR) is 145 cm³/mol. The molecule has 0 saturated carbocycles. The minimum atomic E-state index is -3.58. The van der Waals surface area contributed by atoms with Crippen molar-refractivity contribution in [2.45, 2.75) is 4.90 Å². The van der Waals surface area contributed by atoms with E-state index in [1.54, 1.807) is 30.6 Å². The number of pyridine rings is 1. The number of hydrogen-bond acceptors (Lipinski definition) is 9. The zero-order valence-electron chi connectivity index (χ0n) is 21.0. The number of nitrogens with zero attached hydrogens (tertiary/aromatic N) is 2. The number of carbonyl (C=O) groups is 4. The number of carboxylic acid groups (broad SMARTS) is 4. The average molecular weight is 599 g/mol. The standard InChI is InChI=1S/C20H23ClN4O2S.2C2H2O4/c1-25(18-7-5-17(21)6-8-18)14-13-22-11-12-24-28(26,27)20-4-2-3-16-15-23-10-9-19(16)20;2*3-1(4)2(5)6/h2-10,15,22,24H,11-14H2,1H3;2*(H,3,4)(H,5,6). The van der Waals surface area contributed by atoms with Gasteiger partial charge in [-0.1, -0.05) is 23.7 Å². The molecule has 1 heterocycles. The molecule has 0 saturated heterocycles. The van der Waals surface area contributed by atoms with Crippen LogP contribution in [0.5, 0.6) is 0 Å². The lowest BCUT2D eigenvalue weighted by atomic mass is 10.2. The Bertz CT molecular complexity index is 1370. The summed E-state index contributed by atoms with van der Waals surface area (Å²) in [6.07, 6.45) is 3.26. The first kappa shape index (κ1) is 33.7. The molecule has 0 spiro atoms. The van der Waals surface area contributed by atoms with Gasteiger partial charge < -0.3 is 30.6 Å². The highest BCUT2D eigenvalue weighted by atomic mass is 35.5. The fourth-order valence-corrected chi connectivity index (χ4v) is 4.26. The Morgan fingerprint density at radius 2 is 1.43 bits per heavy atom. The summed E-state index contributed by atoms with van der Waals surface area (Å²) in [5.41, 5.74) is 1.08. The highest BCUT2D eigenvalue weighted by Gasteiger charge is 2.16. The van der Waals surface area contributed by atoms with Crippen molar-refractivity contribution in [1.82, 2.24) is 15.0 Å². The van der Waals surface area contributed by atoms with Crippen molar-refractivity contribution in [3.63, 3.8) is 0 Å². The largest absolute Gasteiger partial charge is 0.473 e. The van der Waals surface area contributed by atoms with Gasteiger partial charge in [0, 0.05) is 67.1 Å². The summed E-state index contributed by atoms with van der Waals surface area (Å²) in [6.45, 7) is 2.39. The van der Waals surface area contributed by atoms with Crippen LogP contribution < -0.4 is 14.9 Å². The molecule has 0 atom stereocenters. The van der Waals surface area contributed by atoms with Gasteiger partial charge in [0.05, 0.1) is 4.90 Å². The Kier molecular flexibility index (Phi) is 14.0. The van der Waals surface area contributed by atoms with Crippen molar-refractivity contribution < 1.29 is 48.0 Å². The fraction of sp³-hybridized carbons (Fsp3) is 0.208. The van der Waals surface area contributed by atoms with E-state index < -0.39 is 33.9 Å². The third-order valence-electron chi connectivity index (χ3n) is 4.78. The summed E-state index contributed by atoms with van der Waals surface area (Å²) in [6, 6.07) is 14.6. The predicted octanol–water partition coefficient (Wildman–Crippen LogP) is 1.20. The number of anilines is 1. The molecule has 16 heteroatoms. The number of benzene rings is 2. The second-order valence-corrected chi connectivity index (χ2v) is 9.79. The molecule has 0 aliphatic heterocycles. The van der Waals surface area contributed by atoms with E-state index in [4.69, 9.17) is 51.2 Å². The summed E-state index contributed by atoms with van der Waals surface area (Å²) >= 11 is 5.90. The van der Waals surface area contributed by atoms with Crippen molar-refractivity contribution in [2.24, 2.45) is 0 Å². The van der Waals surface area contributed by atoms with Crippen molar-refractivity contribution in [1.29, 1.82) is 0 Å². The number of carboxylic acids is 4. The monoisotopic (exact) mass is 598 g/mol. The van der Waals surface area contributed by atoms with E-state index in [0.717, 1.165) is 24.2 Å². The molecule has 14 nitrogen and oxygen atoms in total. The lowest BCUT2D eigenvalue weighted by molar-refractivity contribution is -0.159. The van der Waals surface area contributed by atoms with Gasteiger partial charge in [-0.05, 0) is 36.4 Å². The minimum Gasteiger partial charge on any atom is -0.473 e. The molecule has 216 valence electrons. The first-order chi connectivity index (χ1) is 18.8. The van der Waals surface area contributed by atoms with Gasteiger partial charge in [0.15, 0.2) is 0 Å². The maximum Gasteiger partial charge on any atom is 0.414 e. The van der Waals surface area contributed by atoms with Gasteiger partial charge in [0.2, 0.25) is 10.0 Å². The number of nitrogens with one attached hydrogen (secondary N) is 2. The SMILES string of the molecule is CN(CCNCCNS(=O)(=O)c1cccc2cnccc12)c1ccc(Cl)cc1.O=C(O)C(=O)O.O=C(O)C(=O)O. The molecule has 0 aliphatic carbocycles. The number of rotatable bonds is 9. The van der Waals surface area contributed by atoms with Crippen molar-refractivity contribution in [3.8, 4) is 0 Å². The molecule has 0 bridgehead atoms. The molecule has 2 aromatic carbocycles. The molecule has 3 rings (SSSR count). The molecule has 6 N–H and O–H groups in total. The molecular formula is C24H27ClN4O10S. The summed E-state index contributed by atoms with van der Waals surface area (Å²) in [4.78, 5) is 42.8. The van der Waals surface area contributed by atoms with Gasteiger partial charge in [0.1, 0.15) is 0 Å². The lowest BCUT2D eigenvalue weighted by Crippen LogP contribution is -2.35. The summed E-state index contributed by atoms with van der Waals surface area (Å²) in [7, 11) is -1.58. The maximum absolute atomic E-state index is 12.6. The van der Waals surface area contributed by atoms with Gasteiger partial charge >= 0.3 is 23.9 Å². The number of aliphatic carboxylic acids is 4. The van der Waals surface area contributed by atoms with Gasteiger partial charge in [-0.15, -0.1) is 0 Å². The van der Waals surface area contributed by atoms with Crippen LogP contribution >= 0.6 is 11.6 Å². The number of halogens is 1. The third-order valence-corrected chi connectivity index (χ3v) is 6.55. The van der Waals surface area contributed by atoms with Crippen LogP contribution in [-0.2, 0) is 29.2 Å². The second-order valence-electron chi connectivity index (χ2n) is 7.62. The molecule has 0 amide bonds. The number of aromatic nitrogens is 1. The Balaban J connectivity index is 0.000000559. The van der Waals surface area contributed by atoms with E-state index >= 15 is 0 Å². The zero-order chi connectivity index (χ0) is 30.3. The van der Waals surface area contributed by atoms with Crippen LogP contribution in [0.1, 0.15) is 0 Å². The van der Waals surface area contributed by atoms with Crippen LogP contribution in [0.25, 0.3) is 10.8 Å². The highest BCUT2D eigenvalue weighted by Crippen LogP contribution is 2.21. The van der Waals surface area contributed by atoms with Gasteiger partial charge in [-0.3, -0.25) is 4.98 Å². The van der Waals surface area contributed by atoms with Crippen molar-refractivity contribution >= 4 is 62.0 Å². The molecule has 0 fully saturated rings. The van der Waals surface area contributed by atoms with Crippen LogP contribution in [0, 0.1) is 0 Å². The molecule has 40 heavy (non-hydrogen) atoms. The van der Waals surface area contributed by atoms with Gasteiger partial charge in [-0.2, -0.15) is 0 Å². The first-order valence-electron chi connectivity index (χ1n) is 11.2.